The van der Waals surface area contributed by atoms with Gasteiger partial charge in [-0.25, -0.2) is 0 Å². The Hall–Kier alpha value is -2.67. The summed E-state index contributed by atoms with van der Waals surface area (Å²) in [6, 6.07) is 11.4. The van der Waals surface area contributed by atoms with E-state index in [0.29, 0.717) is 18.8 Å². The number of benzene rings is 1. The average Bonchev–Trinajstić information content (AvgIpc) is 3.32. The first-order chi connectivity index (χ1) is 12.2. The molecular formula is C18H21N5O2. The standard InChI is InChI=1S/C18H21N5O2/c24-17(15-6-8-19-20-15)22-12-10-21(11-13-22)16-7-9-23(18(16)25)14-4-2-1-3-5-14/h1-6,8,16H,7,9-13H2,(H,19,20)/t16-/m1/s1. The van der Waals surface area contributed by atoms with Gasteiger partial charge in [0.15, 0.2) is 0 Å². The molecule has 130 valence electrons. The van der Waals surface area contributed by atoms with E-state index in [1.54, 1.807) is 12.3 Å². The second-order valence-electron chi connectivity index (χ2n) is 6.43. The van der Waals surface area contributed by atoms with Gasteiger partial charge in [0.05, 0.1) is 6.04 Å². The molecule has 2 aliphatic heterocycles. The number of anilines is 1. The van der Waals surface area contributed by atoms with Gasteiger partial charge in [-0.2, -0.15) is 5.10 Å². The average molecular weight is 339 g/mol. The number of nitrogens with one attached hydrogen (secondary N) is 1. The Balaban J connectivity index is 1.37. The van der Waals surface area contributed by atoms with Crippen LogP contribution in [-0.2, 0) is 4.79 Å². The van der Waals surface area contributed by atoms with Crippen molar-refractivity contribution in [3.63, 3.8) is 0 Å². The maximum absolute atomic E-state index is 12.8. The summed E-state index contributed by atoms with van der Waals surface area (Å²) in [5.41, 5.74) is 1.48. The maximum atomic E-state index is 12.8. The number of carbonyl (C=O) groups is 2. The number of aromatic nitrogens is 2. The number of aromatic amines is 1. The van der Waals surface area contributed by atoms with Crippen molar-refractivity contribution < 1.29 is 9.59 Å². The molecule has 1 atom stereocenters. The monoisotopic (exact) mass is 339 g/mol. The van der Waals surface area contributed by atoms with Gasteiger partial charge in [0, 0.05) is 44.6 Å². The lowest BCUT2D eigenvalue weighted by Gasteiger charge is -2.37. The molecule has 2 aliphatic rings. The molecule has 3 heterocycles. The second-order valence-corrected chi connectivity index (χ2v) is 6.43. The molecule has 0 aliphatic carbocycles. The van der Waals surface area contributed by atoms with Crippen LogP contribution in [0.5, 0.6) is 0 Å². The molecule has 1 aromatic heterocycles. The van der Waals surface area contributed by atoms with Gasteiger partial charge in [0.2, 0.25) is 5.91 Å². The Morgan fingerprint density at radius 3 is 2.48 bits per heavy atom. The minimum atomic E-state index is -0.0791. The molecular weight excluding hydrogens is 318 g/mol. The van der Waals surface area contributed by atoms with Crippen LogP contribution < -0.4 is 4.90 Å². The zero-order valence-electron chi connectivity index (χ0n) is 14.0. The lowest BCUT2D eigenvalue weighted by atomic mass is 10.1. The van der Waals surface area contributed by atoms with Gasteiger partial charge in [0.25, 0.3) is 5.91 Å². The van der Waals surface area contributed by atoms with E-state index < -0.39 is 0 Å². The molecule has 2 saturated heterocycles. The summed E-state index contributed by atoms with van der Waals surface area (Å²) >= 11 is 0. The fourth-order valence-electron chi connectivity index (χ4n) is 3.65. The number of piperazine rings is 1. The van der Waals surface area contributed by atoms with E-state index in [1.165, 1.54) is 0 Å². The molecule has 7 heteroatoms. The highest BCUT2D eigenvalue weighted by molar-refractivity contribution is 5.99. The Morgan fingerprint density at radius 1 is 1.04 bits per heavy atom. The third kappa shape index (κ3) is 3.02. The van der Waals surface area contributed by atoms with Crippen LogP contribution in [0.4, 0.5) is 5.69 Å². The van der Waals surface area contributed by atoms with Gasteiger partial charge in [0.1, 0.15) is 5.69 Å². The molecule has 0 bridgehead atoms. The van der Waals surface area contributed by atoms with Gasteiger partial charge in [-0.15, -0.1) is 0 Å². The van der Waals surface area contributed by atoms with Crippen LogP contribution in [-0.4, -0.2) is 70.6 Å². The summed E-state index contributed by atoms with van der Waals surface area (Å²) in [4.78, 5) is 31.0. The molecule has 0 spiro atoms. The Bertz CT molecular complexity index is 738. The van der Waals surface area contributed by atoms with Gasteiger partial charge in [-0.1, -0.05) is 18.2 Å². The largest absolute Gasteiger partial charge is 0.335 e. The first-order valence-corrected chi connectivity index (χ1v) is 8.63. The van der Waals surface area contributed by atoms with Crippen molar-refractivity contribution in [2.75, 3.05) is 37.6 Å². The summed E-state index contributed by atoms with van der Waals surface area (Å²) in [6.45, 7) is 3.46. The maximum Gasteiger partial charge on any atom is 0.271 e. The molecule has 2 fully saturated rings. The topological polar surface area (TPSA) is 72.5 Å². The van der Waals surface area contributed by atoms with Crippen LogP contribution in [0.1, 0.15) is 16.9 Å². The Kier molecular flexibility index (Phi) is 4.23. The summed E-state index contributed by atoms with van der Waals surface area (Å²) < 4.78 is 0. The van der Waals surface area contributed by atoms with E-state index in [4.69, 9.17) is 0 Å². The van der Waals surface area contributed by atoms with E-state index in [1.807, 2.05) is 40.1 Å². The second kappa shape index (κ2) is 6.68. The fraction of sp³-hybridized carbons (Fsp3) is 0.389. The number of hydrogen-bond acceptors (Lipinski definition) is 4. The van der Waals surface area contributed by atoms with E-state index >= 15 is 0 Å². The highest BCUT2D eigenvalue weighted by Gasteiger charge is 2.38. The van der Waals surface area contributed by atoms with E-state index in [-0.39, 0.29) is 17.9 Å². The van der Waals surface area contributed by atoms with Gasteiger partial charge in [-0.3, -0.25) is 19.6 Å². The van der Waals surface area contributed by atoms with E-state index in [2.05, 4.69) is 15.1 Å². The van der Waals surface area contributed by atoms with Gasteiger partial charge >= 0.3 is 0 Å². The molecule has 4 rings (SSSR count). The molecule has 25 heavy (non-hydrogen) atoms. The molecule has 1 aromatic carbocycles. The quantitative estimate of drug-likeness (QED) is 0.905. The zero-order valence-corrected chi connectivity index (χ0v) is 14.0. The van der Waals surface area contributed by atoms with Crippen LogP contribution in [0.2, 0.25) is 0 Å². The lowest BCUT2D eigenvalue weighted by molar-refractivity contribution is -0.122. The first-order valence-electron chi connectivity index (χ1n) is 8.63. The van der Waals surface area contributed by atoms with Crippen molar-refractivity contribution in [3.05, 3.63) is 48.3 Å². The van der Waals surface area contributed by atoms with Gasteiger partial charge < -0.3 is 9.80 Å². The number of nitrogens with zero attached hydrogens (tertiary/aromatic N) is 4. The van der Waals surface area contributed by atoms with Crippen LogP contribution >= 0.6 is 0 Å². The van der Waals surface area contributed by atoms with Gasteiger partial charge in [-0.05, 0) is 24.6 Å². The highest BCUT2D eigenvalue weighted by atomic mass is 16.2. The van der Waals surface area contributed by atoms with Crippen molar-refractivity contribution in [2.24, 2.45) is 0 Å². The third-order valence-electron chi connectivity index (χ3n) is 5.02. The molecule has 1 N–H and O–H groups in total. The van der Waals surface area contributed by atoms with Crippen molar-refractivity contribution >= 4 is 17.5 Å². The fourth-order valence-corrected chi connectivity index (χ4v) is 3.65. The Morgan fingerprint density at radius 2 is 1.80 bits per heavy atom. The first kappa shape index (κ1) is 15.8. The number of carbonyl (C=O) groups excluding carboxylic acids is 2. The lowest BCUT2D eigenvalue weighted by Crippen LogP contribution is -2.53. The van der Waals surface area contributed by atoms with Crippen LogP contribution in [0, 0.1) is 0 Å². The molecule has 0 radical (unpaired) electrons. The summed E-state index contributed by atoms with van der Waals surface area (Å²) in [6.07, 6.45) is 2.42. The number of H-pyrrole nitrogens is 1. The van der Waals surface area contributed by atoms with E-state index in [9.17, 15) is 9.59 Å². The number of rotatable bonds is 3. The van der Waals surface area contributed by atoms with Crippen molar-refractivity contribution in [3.8, 4) is 0 Å². The predicted octanol–water partition coefficient (Wildman–Crippen LogP) is 0.973. The number of para-hydroxylation sites is 1. The van der Waals surface area contributed by atoms with Crippen LogP contribution in [0.3, 0.4) is 0 Å². The van der Waals surface area contributed by atoms with Crippen LogP contribution in [0.25, 0.3) is 0 Å². The molecule has 7 nitrogen and oxygen atoms in total. The molecule has 2 aromatic rings. The minimum absolute atomic E-state index is 0.0270. The molecule has 0 saturated carbocycles. The molecule has 0 unspecified atom stereocenters. The number of amides is 2. The summed E-state index contributed by atoms with van der Waals surface area (Å²) in [7, 11) is 0. The minimum Gasteiger partial charge on any atom is -0.335 e. The SMILES string of the molecule is O=C(c1ccn[nH]1)N1CCN([C@@H]2CCN(c3ccccc3)C2=O)CC1. The summed E-state index contributed by atoms with van der Waals surface area (Å²) in [5.74, 6) is 0.139. The predicted molar refractivity (Wildman–Crippen MR) is 93.3 cm³/mol. The normalized spacial score (nSPS) is 21.8. The van der Waals surface area contributed by atoms with Crippen molar-refractivity contribution in [1.29, 1.82) is 0 Å². The summed E-state index contributed by atoms with van der Waals surface area (Å²) in [5, 5.41) is 6.55. The third-order valence-corrected chi connectivity index (χ3v) is 5.02. The zero-order chi connectivity index (χ0) is 17.2. The molecule has 2 amide bonds. The van der Waals surface area contributed by atoms with Crippen molar-refractivity contribution in [1.82, 2.24) is 20.0 Å². The highest BCUT2D eigenvalue weighted by Crippen LogP contribution is 2.25. The van der Waals surface area contributed by atoms with Crippen LogP contribution in [0.15, 0.2) is 42.6 Å². The smallest absolute Gasteiger partial charge is 0.271 e. The van der Waals surface area contributed by atoms with Crippen molar-refractivity contribution in [2.45, 2.75) is 12.5 Å². The van der Waals surface area contributed by atoms with E-state index in [0.717, 1.165) is 31.7 Å². The Labute approximate surface area is 146 Å². The number of hydrogen-bond donors (Lipinski definition) is 1.